The van der Waals surface area contributed by atoms with Crippen molar-refractivity contribution in [2.75, 3.05) is 0 Å². The van der Waals surface area contributed by atoms with E-state index in [-0.39, 0.29) is 11.7 Å². The summed E-state index contributed by atoms with van der Waals surface area (Å²) in [6, 6.07) is 0. The number of carbonyl (C=O) groups is 1. The number of hydrogen-bond donors (Lipinski definition) is 0. The number of halogens is 1. The summed E-state index contributed by atoms with van der Waals surface area (Å²) in [4.78, 5) is 11.0. The summed E-state index contributed by atoms with van der Waals surface area (Å²) < 4.78 is 1.76. The molecule has 0 aliphatic heterocycles. The minimum Gasteiger partial charge on any atom is -0.300 e. The Balaban J connectivity index is 2.99. The quantitative estimate of drug-likeness (QED) is 0.775. The lowest BCUT2D eigenvalue weighted by Gasteiger charge is -2.10. The number of aromatic nitrogens is 2. The van der Waals surface area contributed by atoms with E-state index in [1.165, 1.54) is 0 Å². The summed E-state index contributed by atoms with van der Waals surface area (Å²) in [5, 5.41) is 4.89. The maximum absolute atomic E-state index is 11.0. The van der Waals surface area contributed by atoms with Gasteiger partial charge in [0.1, 0.15) is 5.78 Å². The zero-order chi connectivity index (χ0) is 10.9. The van der Waals surface area contributed by atoms with Gasteiger partial charge in [0.2, 0.25) is 0 Å². The molecule has 1 atom stereocenters. The normalized spacial score (nSPS) is 12.9. The van der Waals surface area contributed by atoms with Crippen LogP contribution in [-0.2, 0) is 11.8 Å². The van der Waals surface area contributed by atoms with Crippen LogP contribution >= 0.6 is 11.6 Å². The molecule has 0 radical (unpaired) electrons. The molecule has 0 N–H and O–H groups in total. The van der Waals surface area contributed by atoms with Gasteiger partial charge >= 0.3 is 0 Å². The van der Waals surface area contributed by atoms with E-state index >= 15 is 0 Å². The van der Waals surface area contributed by atoms with Gasteiger partial charge in [-0.2, -0.15) is 5.10 Å². The average Bonchev–Trinajstić information content (AvgIpc) is 2.25. The number of Topliss-reactive ketones (excluding diaryl/α,β-unsaturated/α-hetero) is 1. The van der Waals surface area contributed by atoms with Crippen molar-refractivity contribution >= 4 is 17.4 Å². The van der Waals surface area contributed by atoms with Gasteiger partial charge in [0, 0.05) is 19.4 Å². The Morgan fingerprint density at radius 1 is 1.64 bits per heavy atom. The first kappa shape index (κ1) is 11.2. The third-order valence-corrected chi connectivity index (χ3v) is 2.72. The third kappa shape index (κ3) is 2.15. The molecule has 78 valence electrons. The molecule has 0 aliphatic carbocycles. The lowest BCUT2D eigenvalue weighted by molar-refractivity contribution is -0.117. The number of nitrogens with zero attached hydrogens (tertiary/aromatic N) is 2. The van der Waals surface area contributed by atoms with E-state index < -0.39 is 0 Å². The standard InChI is InChI=1S/C10H15ClN2O/c1-6(5-7(2)14)10-9(11)8(3)12-13(10)4/h6H,5H2,1-4H3. The number of carbonyl (C=O) groups excluding carboxylic acids is 1. The van der Waals surface area contributed by atoms with E-state index in [1.807, 2.05) is 20.9 Å². The molecule has 1 aromatic heterocycles. The van der Waals surface area contributed by atoms with Crippen molar-refractivity contribution in [2.45, 2.75) is 33.1 Å². The van der Waals surface area contributed by atoms with Gasteiger partial charge < -0.3 is 4.79 Å². The van der Waals surface area contributed by atoms with Crippen molar-refractivity contribution in [3.05, 3.63) is 16.4 Å². The van der Waals surface area contributed by atoms with Crippen LogP contribution in [0.1, 0.15) is 37.6 Å². The van der Waals surface area contributed by atoms with Crippen molar-refractivity contribution in [3.8, 4) is 0 Å². The predicted octanol–water partition coefficient (Wildman–Crippen LogP) is 2.46. The van der Waals surface area contributed by atoms with Crippen LogP contribution in [0.3, 0.4) is 0 Å². The van der Waals surface area contributed by atoms with E-state index in [4.69, 9.17) is 11.6 Å². The molecular formula is C10H15ClN2O. The molecule has 0 aliphatic rings. The van der Waals surface area contributed by atoms with Gasteiger partial charge in [-0.15, -0.1) is 0 Å². The van der Waals surface area contributed by atoms with Crippen LogP contribution in [0.5, 0.6) is 0 Å². The van der Waals surface area contributed by atoms with Crippen LogP contribution in [0, 0.1) is 6.92 Å². The van der Waals surface area contributed by atoms with Gasteiger partial charge in [0.05, 0.1) is 16.4 Å². The van der Waals surface area contributed by atoms with Crippen molar-refractivity contribution in [1.82, 2.24) is 9.78 Å². The van der Waals surface area contributed by atoms with Crippen LogP contribution in [-0.4, -0.2) is 15.6 Å². The fourth-order valence-electron chi connectivity index (χ4n) is 1.71. The lowest BCUT2D eigenvalue weighted by atomic mass is 10.0. The molecule has 14 heavy (non-hydrogen) atoms. The highest BCUT2D eigenvalue weighted by molar-refractivity contribution is 6.31. The molecule has 0 fully saturated rings. The molecule has 4 heteroatoms. The Labute approximate surface area is 89.1 Å². The predicted molar refractivity (Wildman–Crippen MR) is 56.7 cm³/mol. The van der Waals surface area contributed by atoms with Gasteiger partial charge in [-0.3, -0.25) is 4.68 Å². The van der Waals surface area contributed by atoms with Crippen molar-refractivity contribution in [3.63, 3.8) is 0 Å². The van der Waals surface area contributed by atoms with E-state index in [9.17, 15) is 4.79 Å². The van der Waals surface area contributed by atoms with Crippen molar-refractivity contribution in [1.29, 1.82) is 0 Å². The van der Waals surface area contributed by atoms with E-state index in [1.54, 1.807) is 11.6 Å². The monoisotopic (exact) mass is 214 g/mol. The summed E-state index contributed by atoms with van der Waals surface area (Å²) in [5.41, 5.74) is 1.76. The Bertz CT molecular complexity index is 357. The molecule has 1 heterocycles. The van der Waals surface area contributed by atoms with Crippen LogP contribution in [0.4, 0.5) is 0 Å². The van der Waals surface area contributed by atoms with Crippen LogP contribution in [0.15, 0.2) is 0 Å². The average molecular weight is 215 g/mol. The van der Waals surface area contributed by atoms with Crippen molar-refractivity contribution in [2.24, 2.45) is 7.05 Å². The molecule has 0 saturated heterocycles. The largest absolute Gasteiger partial charge is 0.300 e. The maximum Gasteiger partial charge on any atom is 0.130 e. The fourth-order valence-corrected chi connectivity index (χ4v) is 2.06. The molecule has 0 saturated carbocycles. The second-order valence-electron chi connectivity index (χ2n) is 3.72. The van der Waals surface area contributed by atoms with Gasteiger partial charge in [-0.05, 0) is 13.8 Å². The smallest absolute Gasteiger partial charge is 0.130 e. The molecule has 0 amide bonds. The van der Waals surface area contributed by atoms with Gasteiger partial charge in [-0.1, -0.05) is 18.5 Å². The number of ketones is 1. The van der Waals surface area contributed by atoms with Crippen LogP contribution in [0.25, 0.3) is 0 Å². The molecule has 1 rings (SSSR count). The fraction of sp³-hybridized carbons (Fsp3) is 0.600. The maximum atomic E-state index is 11.0. The SMILES string of the molecule is CC(=O)CC(C)c1c(Cl)c(C)nn1C. The summed E-state index contributed by atoms with van der Waals surface area (Å²) in [5.74, 6) is 0.304. The Kier molecular flexibility index (Phi) is 3.32. The first-order chi connectivity index (χ1) is 6.43. The van der Waals surface area contributed by atoms with E-state index in [0.29, 0.717) is 11.4 Å². The molecule has 1 unspecified atom stereocenters. The van der Waals surface area contributed by atoms with Gasteiger partial charge in [0.15, 0.2) is 0 Å². The minimum absolute atomic E-state index is 0.131. The summed E-state index contributed by atoms with van der Waals surface area (Å²) in [7, 11) is 1.85. The Morgan fingerprint density at radius 2 is 2.21 bits per heavy atom. The second-order valence-corrected chi connectivity index (χ2v) is 4.09. The molecular weight excluding hydrogens is 200 g/mol. The molecule has 1 aromatic rings. The summed E-state index contributed by atoms with van der Waals surface area (Å²) >= 11 is 6.10. The van der Waals surface area contributed by atoms with Gasteiger partial charge in [-0.25, -0.2) is 0 Å². The van der Waals surface area contributed by atoms with Crippen LogP contribution < -0.4 is 0 Å². The topological polar surface area (TPSA) is 34.9 Å². The second kappa shape index (κ2) is 4.13. The highest BCUT2D eigenvalue weighted by atomic mass is 35.5. The zero-order valence-corrected chi connectivity index (χ0v) is 9.72. The van der Waals surface area contributed by atoms with Crippen LogP contribution in [0.2, 0.25) is 5.02 Å². The highest BCUT2D eigenvalue weighted by Gasteiger charge is 2.18. The van der Waals surface area contributed by atoms with E-state index in [2.05, 4.69) is 5.10 Å². The third-order valence-electron chi connectivity index (χ3n) is 2.25. The summed E-state index contributed by atoms with van der Waals surface area (Å²) in [6.45, 7) is 5.45. The number of rotatable bonds is 3. The lowest BCUT2D eigenvalue weighted by Crippen LogP contribution is -2.06. The molecule has 0 bridgehead atoms. The Morgan fingerprint density at radius 3 is 2.57 bits per heavy atom. The zero-order valence-electron chi connectivity index (χ0n) is 8.97. The van der Waals surface area contributed by atoms with E-state index in [0.717, 1.165) is 11.4 Å². The summed E-state index contributed by atoms with van der Waals surface area (Å²) in [6.07, 6.45) is 0.513. The molecule has 0 spiro atoms. The van der Waals surface area contributed by atoms with Gasteiger partial charge in [0.25, 0.3) is 0 Å². The number of hydrogen-bond acceptors (Lipinski definition) is 2. The molecule has 3 nitrogen and oxygen atoms in total. The first-order valence-electron chi connectivity index (χ1n) is 4.62. The highest BCUT2D eigenvalue weighted by Crippen LogP contribution is 2.28. The number of aryl methyl sites for hydroxylation is 2. The minimum atomic E-state index is 0.131. The first-order valence-corrected chi connectivity index (χ1v) is 4.99. The molecule has 0 aromatic carbocycles. The van der Waals surface area contributed by atoms with Crippen molar-refractivity contribution < 1.29 is 4.79 Å². The Hall–Kier alpha value is -0.830.